The highest BCUT2D eigenvalue weighted by Gasteiger charge is 2.62. The van der Waals surface area contributed by atoms with Crippen LogP contribution in [0.1, 0.15) is 42.6 Å². The fourth-order valence-corrected chi connectivity index (χ4v) is 5.20. The predicted octanol–water partition coefficient (Wildman–Crippen LogP) is 1.01. The Bertz CT molecular complexity index is 838. The Morgan fingerprint density at radius 1 is 1.03 bits per heavy atom. The van der Waals surface area contributed by atoms with Crippen molar-refractivity contribution in [1.82, 2.24) is 19.6 Å². The van der Waals surface area contributed by atoms with E-state index in [-0.39, 0.29) is 23.8 Å². The molecule has 2 saturated heterocycles. The van der Waals surface area contributed by atoms with Crippen LogP contribution in [0.3, 0.4) is 0 Å². The molecule has 1 aromatic rings. The molecule has 1 unspecified atom stereocenters. The molecule has 2 fully saturated rings. The van der Waals surface area contributed by atoms with Crippen molar-refractivity contribution in [3.05, 3.63) is 35.4 Å². The van der Waals surface area contributed by atoms with Crippen molar-refractivity contribution in [2.45, 2.75) is 38.3 Å². The molecule has 4 rings (SSSR count). The van der Waals surface area contributed by atoms with E-state index < -0.39 is 11.5 Å². The molecule has 0 saturated carbocycles. The van der Waals surface area contributed by atoms with Gasteiger partial charge in [0.15, 0.2) is 0 Å². The third kappa shape index (κ3) is 3.03. The Morgan fingerprint density at radius 2 is 1.66 bits per heavy atom. The molecule has 1 spiro atoms. The monoisotopic (exact) mass is 398 g/mol. The van der Waals surface area contributed by atoms with Crippen LogP contribution in [0.5, 0.6) is 0 Å². The van der Waals surface area contributed by atoms with Crippen molar-refractivity contribution in [1.29, 1.82) is 0 Å². The molecule has 29 heavy (non-hydrogen) atoms. The van der Waals surface area contributed by atoms with Gasteiger partial charge in [0.05, 0.1) is 11.5 Å². The fourth-order valence-electron chi connectivity index (χ4n) is 5.20. The largest absolute Gasteiger partial charge is 0.340 e. The molecule has 3 heterocycles. The lowest BCUT2D eigenvalue weighted by molar-refractivity contribution is -0.156. The summed E-state index contributed by atoms with van der Waals surface area (Å²) in [6.45, 7) is 9.41. The van der Waals surface area contributed by atoms with Crippen molar-refractivity contribution in [3.63, 3.8) is 0 Å². The highest BCUT2D eigenvalue weighted by Crippen LogP contribution is 2.48. The third-order valence-corrected chi connectivity index (χ3v) is 6.69. The van der Waals surface area contributed by atoms with Gasteiger partial charge < -0.3 is 19.6 Å². The Balaban J connectivity index is 1.80. The molecule has 0 aromatic heterocycles. The van der Waals surface area contributed by atoms with Gasteiger partial charge in [0, 0.05) is 57.8 Å². The number of piperazine rings is 1. The summed E-state index contributed by atoms with van der Waals surface area (Å²) in [6, 6.07) is 7.43. The number of carbonyl (C=O) groups excluding carboxylic acids is 3. The number of likely N-dealkylation sites (N-methyl/N-ethyl adjacent to an activating group) is 1. The third-order valence-electron chi connectivity index (χ3n) is 6.69. The van der Waals surface area contributed by atoms with E-state index in [9.17, 15) is 14.4 Å². The van der Waals surface area contributed by atoms with Crippen molar-refractivity contribution in [3.8, 4) is 0 Å². The molecule has 0 N–H and O–H groups in total. The maximum atomic E-state index is 13.8. The smallest absolute Gasteiger partial charge is 0.255 e. The van der Waals surface area contributed by atoms with Crippen LogP contribution in [0.2, 0.25) is 0 Å². The van der Waals surface area contributed by atoms with Crippen LogP contribution in [0.15, 0.2) is 24.3 Å². The lowest BCUT2D eigenvalue weighted by Crippen LogP contribution is -2.78. The molecule has 0 radical (unpaired) electrons. The maximum Gasteiger partial charge on any atom is 0.255 e. The predicted molar refractivity (Wildman–Crippen MR) is 110 cm³/mol. The topological polar surface area (TPSA) is 64.2 Å². The van der Waals surface area contributed by atoms with Crippen LogP contribution in [0, 0.1) is 0 Å². The van der Waals surface area contributed by atoms with Gasteiger partial charge >= 0.3 is 0 Å². The van der Waals surface area contributed by atoms with E-state index in [0.29, 0.717) is 31.7 Å². The summed E-state index contributed by atoms with van der Waals surface area (Å²) in [7, 11) is 2.06. The summed E-state index contributed by atoms with van der Waals surface area (Å²) in [5.74, 6) is -0.428. The van der Waals surface area contributed by atoms with Crippen molar-refractivity contribution in [2.24, 2.45) is 0 Å². The molecule has 1 atom stereocenters. The van der Waals surface area contributed by atoms with Crippen LogP contribution in [0.25, 0.3) is 0 Å². The zero-order chi connectivity index (χ0) is 20.9. The van der Waals surface area contributed by atoms with Gasteiger partial charge in [0.25, 0.3) is 5.91 Å². The van der Waals surface area contributed by atoms with Gasteiger partial charge in [-0.05, 0) is 32.5 Å². The number of fused-ring (bicyclic) bond motifs is 1. The highest BCUT2D eigenvalue weighted by atomic mass is 16.2. The van der Waals surface area contributed by atoms with Crippen LogP contribution in [-0.2, 0) is 9.59 Å². The Hall–Kier alpha value is -2.41. The number of amides is 3. The van der Waals surface area contributed by atoms with Crippen molar-refractivity contribution < 1.29 is 14.4 Å². The number of hydrogen-bond donors (Lipinski definition) is 0. The number of benzene rings is 1. The molecule has 0 bridgehead atoms. The van der Waals surface area contributed by atoms with Gasteiger partial charge in [-0.3, -0.25) is 14.4 Å². The van der Waals surface area contributed by atoms with E-state index >= 15 is 0 Å². The minimum absolute atomic E-state index is 0.0172. The molecule has 3 aliphatic heterocycles. The Kier molecular flexibility index (Phi) is 4.89. The quantitative estimate of drug-likeness (QED) is 0.746. The molecule has 3 aliphatic rings. The summed E-state index contributed by atoms with van der Waals surface area (Å²) in [4.78, 5) is 47.0. The summed E-state index contributed by atoms with van der Waals surface area (Å²) >= 11 is 0. The van der Waals surface area contributed by atoms with Crippen LogP contribution in [-0.4, -0.2) is 95.2 Å². The number of hydrogen-bond acceptors (Lipinski definition) is 4. The van der Waals surface area contributed by atoms with Crippen molar-refractivity contribution >= 4 is 17.7 Å². The average Bonchev–Trinajstić information content (AvgIpc) is 2.65. The van der Waals surface area contributed by atoms with E-state index in [4.69, 9.17) is 0 Å². The van der Waals surface area contributed by atoms with Crippen LogP contribution < -0.4 is 0 Å². The van der Waals surface area contributed by atoms with Gasteiger partial charge in [-0.15, -0.1) is 0 Å². The minimum Gasteiger partial charge on any atom is -0.340 e. The SMILES string of the molecule is CC(=O)N1CC2(C1)C(C(=O)N1CCN(C)CC1)c1ccccc1C(=O)N2C(C)C. The molecular weight excluding hydrogens is 368 g/mol. The van der Waals surface area contributed by atoms with E-state index in [0.717, 1.165) is 18.7 Å². The lowest BCUT2D eigenvalue weighted by Gasteiger charge is -2.62. The van der Waals surface area contributed by atoms with E-state index in [1.807, 2.05) is 47.9 Å². The first kappa shape index (κ1) is 19.9. The molecule has 0 aliphatic carbocycles. The Labute approximate surface area is 172 Å². The minimum atomic E-state index is -0.675. The summed E-state index contributed by atoms with van der Waals surface area (Å²) in [6.07, 6.45) is 0. The summed E-state index contributed by atoms with van der Waals surface area (Å²) in [5.41, 5.74) is 0.744. The standard InChI is InChI=1S/C22H30N4O3/c1-15(2)26-20(28)18-8-6-5-7-17(18)19(22(26)13-25(14-22)16(3)27)21(29)24-11-9-23(4)10-12-24/h5-8,15,19H,9-14H2,1-4H3. The second kappa shape index (κ2) is 7.13. The summed E-state index contributed by atoms with van der Waals surface area (Å²) < 4.78 is 0. The number of likely N-dealkylation sites (tertiary alicyclic amines) is 1. The molecular formula is C22H30N4O3. The molecule has 156 valence electrons. The van der Waals surface area contributed by atoms with Crippen LogP contribution in [0.4, 0.5) is 0 Å². The average molecular weight is 399 g/mol. The van der Waals surface area contributed by atoms with E-state index in [1.54, 1.807) is 11.8 Å². The van der Waals surface area contributed by atoms with Gasteiger partial charge in [-0.25, -0.2) is 0 Å². The first-order chi connectivity index (χ1) is 13.8. The van der Waals surface area contributed by atoms with Gasteiger partial charge in [-0.1, -0.05) is 18.2 Å². The van der Waals surface area contributed by atoms with Crippen molar-refractivity contribution in [2.75, 3.05) is 46.3 Å². The van der Waals surface area contributed by atoms with E-state index in [1.165, 1.54) is 0 Å². The second-order valence-electron chi connectivity index (χ2n) is 8.90. The summed E-state index contributed by atoms with van der Waals surface area (Å²) in [5, 5.41) is 0. The zero-order valence-corrected chi connectivity index (χ0v) is 17.7. The molecule has 7 nitrogen and oxygen atoms in total. The molecule has 3 amide bonds. The normalized spacial score (nSPS) is 24.0. The molecule has 1 aromatic carbocycles. The molecule has 7 heteroatoms. The lowest BCUT2D eigenvalue weighted by atomic mass is 9.67. The first-order valence-electron chi connectivity index (χ1n) is 10.4. The van der Waals surface area contributed by atoms with Gasteiger partial charge in [0.2, 0.25) is 11.8 Å². The number of carbonyl (C=O) groups is 3. The fraction of sp³-hybridized carbons (Fsp3) is 0.591. The van der Waals surface area contributed by atoms with Crippen LogP contribution >= 0.6 is 0 Å². The number of rotatable bonds is 2. The van der Waals surface area contributed by atoms with Gasteiger partial charge in [0.1, 0.15) is 0 Å². The van der Waals surface area contributed by atoms with Gasteiger partial charge in [-0.2, -0.15) is 0 Å². The zero-order valence-electron chi connectivity index (χ0n) is 17.7. The number of nitrogens with zero attached hydrogens (tertiary/aromatic N) is 4. The van der Waals surface area contributed by atoms with E-state index in [2.05, 4.69) is 11.9 Å². The Morgan fingerprint density at radius 3 is 2.24 bits per heavy atom. The highest BCUT2D eigenvalue weighted by molar-refractivity contribution is 6.02. The maximum absolute atomic E-state index is 13.8. The first-order valence-corrected chi connectivity index (χ1v) is 10.4. The second-order valence-corrected chi connectivity index (χ2v) is 8.90.